The summed E-state index contributed by atoms with van der Waals surface area (Å²) in [5, 5.41) is 2.88. The van der Waals surface area contributed by atoms with Gasteiger partial charge in [-0.15, -0.1) is 0 Å². The van der Waals surface area contributed by atoms with E-state index in [0.717, 1.165) is 16.9 Å². The van der Waals surface area contributed by atoms with E-state index in [1.165, 1.54) is 0 Å². The Balaban J connectivity index is 1.71. The summed E-state index contributed by atoms with van der Waals surface area (Å²) >= 11 is 0. The molecule has 0 radical (unpaired) electrons. The van der Waals surface area contributed by atoms with Gasteiger partial charge in [0.25, 0.3) is 5.91 Å². The van der Waals surface area contributed by atoms with Crippen LogP contribution in [-0.2, 0) is 10.0 Å². The third kappa shape index (κ3) is 4.68. The lowest BCUT2D eigenvalue weighted by atomic mass is 10.1. The number of furan rings is 1. The van der Waals surface area contributed by atoms with Crippen molar-refractivity contribution < 1.29 is 17.6 Å². The number of anilines is 2. The second-order valence-electron chi connectivity index (χ2n) is 7.76. The number of carbonyl (C=O) groups is 1. The van der Waals surface area contributed by atoms with E-state index in [-0.39, 0.29) is 5.91 Å². The average Bonchev–Trinajstić information content (AvgIpc) is 3.17. The van der Waals surface area contributed by atoms with Crippen LogP contribution in [0.5, 0.6) is 0 Å². The first-order valence-electron chi connectivity index (χ1n) is 9.15. The van der Waals surface area contributed by atoms with Crippen LogP contribution in [0.1, 0.15) is 36.7 Å². The van der Waals surface area contributed by atoms with Crippen molar-refractivity contribution in [2.24, 2.45) is 0 Å². The minimum Gasteiger partial charge on any atom is -0.464 e. The molecule has 1 aromatic heterocycles. The summed E-state index contributed by atoms with van der Waals surface area (Å²) in [4.78, 5) is 12.6. The molecule has 3 aromatic rings. The molecule has 2 aromatic carbocycles. The monoisotopic (exact) mass is 412 g/mol. The molecule has 0 saturated carbocycles. The minimum absolute atomic E-state index is 0.274. The topological polar surface area (TPSA) is 88.4 Å². The van der Waals surface area contributed by atoms with Crippen molar-refractivity contribution in [1.29, 1.82) is 0 Å². The summed E-state index contributed by atoms with van der Waals surface area (Å²) < 4.78 is 31.5. The van der Waals surface area contributed by atoms with Crippen molar-refractivity contribution >= 4 is 27.3 Å². The van der Waals surface area contributed by atoms with Crippen LogP contribution in [0.25, 0.3) is 11.3 Å². The molecule has 29 heavy (non-hydrogen) atoms. The molecule has 7 heteroatoms. The van der Waals surface area contributed by atoms with Gasteiger partial charge in [-0.2, -0.15) is 0 Å². The number of benzene rings is 2. The van der Waals surface area contributed by atoms with Gasteiger partial charge in [-0.3, -0.25) is 9.52 Å². The summed E-state index contributed by atoms with van der Waals surface area (Å²) in [5.74, 6) is 0.489. The maximum Gasteiger partial charge on any atom is 0.255 e. The van der Waals surface area contributed by atoms with Crippen molar-refractivity contribution in [3.05, 3.63) is 72.0 Å². The maximum atomic E-state index is 12.6. The molecule has 2 N–H and O–H groups in total. The highest BCUT2D eigenvalue weighted by atomic mass is 32.2. The first-order chi connectivity index (χ1) is 13.6. The zero-order valence-electron chi connectivity index (χ0n) is 16.8. The second-order valence-corrected chi connectivity index (χ2v) is 10.2. The number of carbonyl (C=O) groups excluding carboxylic acids is 1. The van der Waals surface area contributed by atoms with Crippen LogP contribution in [-0.4, -0.2) is 19.1 Å². The van der Waals surface area contributed by atoms with Gasteiger partial charge in [-0.25, -0.2) is 8.42 Å². The summed E-state index contributed by atoms with van der Waals surface area (Å²) in [6, 6.07) is 15.7. The highest BCUT2D eigenvalue weighted by Crippen LogP contribution is 2.26. The Hall–Kier alpha value is -3.06. The summed E-state index contributed by atoms with van der Waals surface area (Å²) in [7, 11) is -3.52. The molecule has 0 aliphatic heterocycles. The van der Waals surface area contributed by atoms with Gasteiger partial charge in [0.2, 0.25) is 10.0 Å². The van der Waals surface area contributed by atoms with Gasteiger partial charge in [0, 0.05) is 22.5 Å². The predicted molar refractivity (Wildman–Crippen MR) is 116 cm³/mol. The maximum absolute atomic E-state index is 12.6. The van der Waals surface area contributed by atoms with Crippen molar-refractivity contribution in [2.45, 2.75) is 32.4 Å². The van der Waals surface area contributed by atoms with E-state index < -0.39 is 14.8 Å². The van der Waals surface area contributed by atoms with Crippen LogP contribution in [0.4, 0.5) is 11.4 Å². The molecule has 0 bridgehead atoms. The van der Waals surface area contributed by atoms with Crippen LogP contribution in [0.3, 0.4) is 0 Å². The molecule has 0 fully saturated rings. The highest BCUT2D eigenvalue weighted by Gasteiger charge is 2.28. The number of aryl methyl sites for hydroxylation is 1. The van der Waals surface area contributed by atoms with Gasteiger partial charge in [0.1, 0.15) is 5.76 Å². The van der Waals surface area contributed by atoms with E-state index in [1.807, 2.05) is 37.3 Å². The fraction of sp³-hybridized carbons (Fsp3) is 0.227. The van der Waals surface area contributed by atoms with E-state index in [1.54, 1.807) is 51.3 Å². The van der Waals surface area contributed by atoms with Gasteiger partial charge in [0.05, 0.1) is 11.0 Å². The fourth-order valence-electron chi connectivity index (χ4n) is 2.59. The number of nitrogens with one attached hydrogen (secondary N) is 2. The molecule has 1 amide bonds. The Bertz CT molecular complexity index is 1110. The Morgan fingerprint density at radius 2 is 1.69 bits per heavy atom. The molecule has 0 saturated heterocycles. The van der Waals surface area contributed by atoms with Crippen LogP contribution >= 0.6 is 0 Å². The standard InChI is InChI=1S/C22H24N2O4S/c1-15-14-17(20-6-5-13-28-20)9-12-19(15)23-21(25)16-7-10-18(11-8-16)24-29(26,27)22(2,3)4/h5-14,24H,1-4H3,(H,23,25). The molecule has 0 unspecified atom stereocenters. The molecular formula is C22H24N2O4S. The number of hydrogen-bond donors (Lipinski definition) is 2. The second kappa shape index (κ2) is 7.75. The smallest absolute Gasteiger partial charge is 0.255 e. The van der Waals surface area contributed by atoms with Crippen LogP contribution < -0.4 is 10.0 Å². The highest BCUT2D eigenvalue weighted by molar-refractivity contribution is 7.94. The summed E-state index contributed by atoms with van der Waals surface area (Å²) in [6.07, 6.45) is 1.62. The van der Waals surface area contributed by atoms with Gasteiger partial charge in [0.15, 0.2) is 0 Å². The van der Waals surface area contributed by atoms with E-state index >= 15 is 0 Å². The molecule has 6 nitrogen and oxygen atoms in total. The lowest BCUT2D eigenvalue weighted by molar-refractivity contribution is 0.102. The van der Waals surface area contributed by atoms with Crippen LogP contribution in [0, 0.1) is 6.92 Å². The van der Waals surface area contributed by atoms with E-state index in [2.05, 4.69) is 10.0 Å². The Labute approximate surface area is 171 Å². The molecule has 0 aliphatic carbocycles. The van der Waals surface area contributed by atoms with Gasteiger partial charge in [-0.1, -0.05) is 0 Å². The van der Waals surface area contributed by atoms with Crippen molar-refractivity contribution in [1.82, 2.24) is 0 Å². The van der Waals surface area contributed by atoms with Crippen LogP contribution in [0.2, 0.25) is 0 Å². The normalized spacial score (nSPS) is 11.9. The van der Waals surface area contributed by atoms with Crippen molar-refractivity contribution in [3.8, 4) is 11.3 Å². The van der Waals surface area contributed by atoms with E-state index in [4.69, 9.17) is 4.42 Å². The molecule has 0 aliphatic rings. The first kappa shape index (κ1) is 20.7. The average molecular weight is 413 g/mol. The van der Waals surface area contributed by atoms with Crippen molar-refractivity contribution in [3.63, 3.8) is 0 Å². The van der Waals surface area contributed by atoms with E-state index in [0.29, 0.717) is 16.9 Å². The molecule has 0 atom stereocenters. The summed E-state index contributed by atoms with van der Waals surface area (Å²) in [5.41, 5.74) is 3.37. The SMILES string of the molecule is Cc1cc(-c2ccco2)ccc1NC(=O)c1ccc(NS(=O)(=O)C(C)(C)C)cc1. The molecule has 0 spiro atoms. The third-order valence-electron chi connectivity index (χ3n) is 4.49. The predicted octanol–water partition coefficient (Wildman–Crippen LogP) is 5.05. The first-order valence-corrected chi connectivity index (χ1v) is 10.6. The number of sulfonamides is 1. The van der Waals surface area contributed by atoms with Crippen LogP contribution in [0.15, 0.2) is 65.3 Å². The number of amides is 1. The number of rotatable bonds is 5. The van der Waals surface area contributed by atoms with Gasteiger partial charge < -0.3 is 9.73 Å². The Morgan fingerprint density at radius 3 is 2.24 bits per heavy atom. The van der Waals surface area contributed by atoms with Gasteiger partial charge >= 0.3 is 0 Å². The third-order valence-corrected chi connectivity index (χ3v) is 6.60. The molecule has 1 heterocycles. The molecule has 3 rings (SSSR count). The quantitative estimate of drug-likeness (QED) is 0.614. The lowest BCUT2D eigenvalue weighted by Gasteiger charge is -2.20. The largest absolute Gasteiger partial charge is 0.464 e. The fourth-order valence-corrected chi connectivity index (χ4v) is 3.34. The zero-order valence-corrected chi connectivity index (χ0v) is 17.6. The number of hydrogen-bond acceptors (Lipinski definition) is 4. The molecular weight excluding hydrogens is 388 g/mol. The molecule has 152 valence electrons. The Morgan fingerprint density at radius 1 is 1.00 bits per heavy atom. The van der Waals surface area contributed by atoms with Crippen molar-refractivity contribution in [2.75, 3.05) is 10.0 Å². The summed E-state index contributed by atoms with van der Waals surface area (Å²) in [6.45, 7) is 6.77. The lowest BCUT2D eigenvalue weighted by Crippen LogP contribution is -2.33. The van der Waals surface area contributed by atoms with Gasteiger partial charge in [-0.05, 0) is 87.9 Å². The zero-order chi connectivity index (χ0) is 21.2. The Kier molecular flexibility index (Phi) is 5.53. The minimum atomic E-state index is -3.52. The van der Waals surface area contributed by atoms with E-state index in [9.17, 15) is 13.2 Å².